The van der Waals surface area contributed by atoms with Crippen molar-refractivity contribution in [1.82, 2.24) is 0 Å². The maximum Gasteiger partial charge on any atom is 0.460 e. The SMILES string of the molecule is O=S(=O)(CCCCC(F)(F)C(F)(F)C(F)(F)C(F)(F)C(F)(F)C(F)(F)F)Oc1ccccc1. The average molecular weight is 532 g/mol. The Kier molecular flexibility index (Phi) is 7.95. The quantitative estimate of drug-likeness (QED) is 0.191. The third-order valence-corrected chi connectivity index (χ3v) is 5.33. The summed E-state index contributed by atoms with van der Waals surface area (Å²) in [4.78, 5) is 0. The minimum atomic E-state index is -7.96. The smallest absolute Gasteiger partial charge is 0.382 e. The molecule has 17 heteroatoms. The van der Waals surface area contributed by atoms with Crippen LogP contribution in [-0.4, -0.2) is 50.0 Å². The number of rotatable bonds is 11. The number of benzene rings is 1. The highest BCUT2D eigenvalue weighted by molar-refractivity contribution is 7.87. The lowest BCUT2D eigenvalue weighted by Gasteiger charge is -2.39. The van der Waals surface area contributed by atoms with Gasteiger partial charge in [0.05, 0.1) is 5.75 Å². The largest absolute Gasteiger partial charge is 0.460 e. The molecular weight excluding hydrogens is 519 g/mol. The van der Waals surface area contributed by atoms with Gasteiger partial charge in [0.2, 0.25) is 0 Å². The second-order valence-electron chi connectivity index (χ2n) is 6.62. The normalized spacial score (nSPS) is 14.9. The van der Waals surface area contributed by atoms with Crippen molar-refractivity contribution in [1.29, 1.82) is 0 Å². The Balaban J connectivity index is 2.93. The van der Waals surface area contributed by atoms with Gasteiger partial charge in [-0.25, -0.2) is 0 Å². The predicted molar refractivity (Wildman–Crippen MR) is 85.5 cm³/mol. The summed E-state index contributed by atoms with van der Waals surface area (Å²) < 4.78 is 196. The van der Waals surface area contributed by atoms with Crippen LogP contribution in [0.3, 0.4) is 0 Å². The van der Waals surface area contributed by atoms with Gasteiger partial charge in [-0.3, -0.25) is 0 Å². The fraction of sp³-hybridized carbons (Fsp3) is 0.625. The number of unbranched alkanes of at least 4 members (excludes halogenated alkanes) is 1. The summed E-state index contributed by atoms with van der Waals surface area (Å²) in [5.41, 5.74) is 0. The first-order valence-electron chi connectivity index (χ1n) is 8.46. The van der Waals surface area contributed by atoms with Crippen LogP contribution in [0.1, 0.15) is 19.3 Å². The highest BCUT2D eigenvalue weighted by atomic mass is 32.2. The van der Waals surface area contributed by atoms with Crippen LogP contribution >= 0.6 is 0 Å². The monoisotopic (exact) mass is 532 g/mol. The molecule has 1 aromatic rings. The summed E-state index contributed by atoms with van der Waals surface area (Å²) in [6.45, 7) is 0. The molecule has 1 aromatic carbocycles. The molecule has 0 aliphatic rings. The third-order valence-electron chi connectivity index (χ3n) is 4.10. The molecule has 0 aromatic heterocycles. The summed E-state index contributed by atoms with van der Waals surface area (Å²) in [6.07, 6.45) is -12.3. The number of hydrogen-bond acceptors (Lipinski definition) is 3. The van der Waals surface area contributed by atoms with Crippen LogP contribution in [0.4, 0.5) is 57.1 Å². The van der Waals surface area contributed by atoms with Gasteiger partial charge in [-0.1, -0.05) is 18.2 Å². The van der Waals surface area contributed by atoms with Gasteiger partial charge in [-0.2, -0.15) is 65.5 Å². The Morgan fingerprint density at radius 2 is 1.09 bits per heavy atom. The Bertz CT molecular complexity index is 896. The Hall–Kier alpha value is -1.94. The Morgan fingerprint density at radius 1 is 0.636 bits per heavy atom. The van der Waals surface area contributed by atoms with Crippen molar-refractivity contribution >= 4 is 10.1 Å². The molecule has 0 aliphatic heterocycles. The minimum absolute atomic E-state index is 0.234. The van der Waals surface area contributed by atoms with Crippen LogP contribution in [0.5, 0.6) is 5.75 Å². The lowest BCUT2D eigenvalue weighted by atomic mass is 9.92. The molecule has 0 fully saturated rings. The number of alkyl halides is 13. The molecule has 1 rings (SSSR count). The molecule has 0 N–H and O–H groups in total. The van der Waals surface area contributed by atoms with Crippen molar-refractivity contribution in [2.75, 3.05) is 5.75 Å². The van der Waals surface area contributed by atoms with Gasteiger partial charge >= 0.3 is 45.9 Å². The molecule has 0 unspecified atom stereocenters. The molecule has 0 atom stereocenters. The highest BCUT2D eigenvalue weighted by Crippen LogP contribution is 2.60. The van der Waals surface area contributed by atoms with E-state index in [0.29, 0.717) is 0 Å². The van der Waals surface area contributed by atoms with Gasteiger partial charge in [0.15, 0.2) is 0 Å². The fourth-order valence-electron chi connectivity index (χ4n) is 2.25. The zero-order valence-corrected chi connectivity index (χ0v) is 16.6. The van der Waals surface area contributed by atoms with Crippen molar-refractivity contribution in [3.63, 3.8) is 0 Å². The molecular formula is C16H13F13O3S. The molecule has 0 radical (unpaired) electrons. The van der Waals surface area contributed by atoms with Crippen molar-refractivity contribution in [2.45, 2.75) is 55.1 Å². The summed E-state index contributed by atoms with van der Waals surface area (Å²) in [5.74, 6) is -38.6. The Morgan fingerprint density at radius 3 is 1.55 bits per heavy atom. The first-order valence-corrected chi connectivity index (χ1v) is 10.0. The molecule has 0 heterocycles. The molecule has 33 heavy (non-hydrogen) atoms. The summed E-state index contributed by atoms with van der Waals surface area (Å²) in [7, 11) is -4.50. The van der Waals surface area contributed by atoms with Crippen molar-refractivity contribution in [3.05, 3.63) is 30.3 Å². The predicted octanol–water partition coefficient (Wildman–Crippen LogP) is 6.30. The van der Waals surface area contributed by atoms with Gasteiger partial charge in [0, 0.05) is 6.42 Å². The number of para-hydroxylation sites is 1. The molecule has 0 amide bonds. The molecule has 192 valence electrons. The maximum atomic E-state index is 13.6. The molecule has 0 saturated carbocycles. The minimum Gasteiger partial charge on any atom is -0.382 e. The van der Waals surface area contributed by atoms with E-state index in [0.717, 1.165) is 12.1 Å². The summed E-state index contributed by atoms with van der Waals surface area (Å²) in [6, 6.07) is 6.46. The van der Waals surface area contributed by atoms with Crippen LogP contribution in [0.25, 0.3) is 0 Å². The Labute approximate surface area is 177 Å². The summed E-state index contributed by atoms with van der Waals surface area (Å²) in [5, 5.41) is 0. The van der Waals surface area contributed by atoms with E-state index in [2.05, 4.69) is 4.18 Å². The standard InChI is InChI=1S/C16H13F13O3S/c17-11(18,8-4-5-9-33(30,31)32-10-6-2-1-3-7-10)12(19,20)13(21,22)14(23,24)15(25,26)16(27,28)29/h1-3,6-7H,4-5,8-9H2. The third kappa shape index (κ3) is 5.59. The lowest BCUT2D eigenvalue weighted by Crippen LogP contribution is -2.70. The second-order valence-corrected chi connectivity index (χ2v) is 8.31. The maximum absolute atomic E-state index is 13.6. The molecule has 3 nitrogen and oxygen atoms in total. The molecule has 0 bridgehead atoms. The number of hydrogen-bond donors (Lipinski definition) is 0. The van der Waals surface area contributed by atoms with Crippen molar-refractivity contribution in [3.8, 4) is 5.75 Å². The zero-order chi connectivity index (χ0) is 26.1. The van der Waals surface area contributed by atoms with Crippen LogP contribution in [0, 0.1) is 0 Å². The zero-order valence-electron chi connectivity index (χ0n) is 15.8. The van der Waals surface area contributed by atoms with E-state index in [9.17, 15) is 65.5 Å². The number of halogens is 13. The van der Waals surface area contributed by atoms with E-state index in [-0.39, 0.29) is 5.75 Å². The average Bonchev–Trinajstić information content (AvgIpc) is 2.64. The van der Waals surface area contributed by atoms with E-state index in [4.69, 9.17) is 0 Å². The van der Waals surface area contributed by atoms with E-state index in [1.165, 1.54) is 18.2 Å². The van der Waals surface area contributed by atoms with Crippen molar-refractivity contribution < 1.29 is 69.7 Å². The summed E-state index contributed by atoms with van der Waals surface area (Å²) >= 11 is 0. The lowest BCUT2D eigenvalue weighted by molar-refractivity contribution is -0.440. The first-order chi connectivity index (χ1) is 14.5. The van der Waals surface area contributed by atoms with Gasteiger partial charge in [0.1, 0.15) is 5.75 Å². The highest BCUT2D eigenvalue weighted by Gasteiger charge is 2.90. The first kappa shape index (κ1) is 29.1. The van der Waals surface area contributed by atoms with E-state index in [1.54, 1.807) is 0 Å². The van der Waals surface area contributed by atoms with Crippen LogP contribution < -0.4 is 4.18 Å². The van der Waals surface area contributed by atoms with Gasteiger partial charge < -0.3 is 4.18 Å². The van der Waals surface area contributed by atoms with E-state index in [1.807, 2.05) is 0 Å². The molecule has 0 aliphatic carbocycles. The van der Waals surface area contributed by atoms with Gasteiger partial charge in [-0.05, 0) is 25.0 Å². The van der Waals surface area contributed by atoms with Gasteiger partial charge in [0.25, 0.3) is 0 Å². The van der Waals surface area contributed by atoms with Gasteiger partial charge in [-0.15, -0.1) is 0 Å². The van der Waals surface area contributed by atoms with Crippen molar-refractivity contribution in [2.24, 2.45) is 0 Å². The fourth-order valence-corrected chi connectivity index (χ4v) is 3.29. The van der Waals surface area contributed by atoms with Crippen LogP contribution in [0.15, 0.2) is 30.3 Å². The molecule has 0 saturated heterocycles. The van der Waals surface area contributed by atoms with Crippen LogP contribution in [0.2, 0.25) is 0 Å². The van der Waals surface area contributed by atoms with E-state index < -0.39 is 70.9 Å². The molecule has 0 spiro atoms. The van der Waals surface area contributed by atoms with Crippen LogP contribution in [-0.2, 0) is 10.1 Å². The second kappa shape index (κ2) is 9.02. The topological polar surface area (TPSA) is 43.4 Å². The van der Waals surface area contributed by atoms with E-state index >= 15 is 0 Å².